The van der Waals surface area contributed by atoms with Crippen LogP contribution in [0, 0.1) is 0 Å². The molecule has 0 aliphatic carbocycles. The first-order chi connectivity index (χ1) is 13.3. The number of nitrogens with zero attached hydrogens (tertiary/aromatic N) is 1. The zero-order valence-corrected chi connectivity index (χ0v) is 15.6. The van der Waals surface area contributed by atoms with Gasteiger partial charge in [0.2, 0.25) is 0 Å². The smallest absolute Gasteiger partial charge is 0.379 e. The van der Waals surface area contributed by atoms with Gasteiger partial charge in [-0.15, -0.1) is 0 Å². The molecule has 1 heterocycles. The molecule has 2 aromatic carbocycles. The number of amides is 2. The first-order valence-corrected chi connectivity index (χ1v) is 9.03. The fraction of sp³-hybridized carbons (Fsp3) is 0.316. The van der Waals surface area contributed by atoms with Crippen LogP contribution in [-0.2, 0) is 17.5 Å². The molecule has 0 bridgehead atoms. The van der Waals surface area contributed by atoms with Crippen LogP contribution in [0.15, 0.2) is 42.5 Å². The lowest BCUT2D eigenvalue weighted by molar-refractivity contribution is -0.137. The van der Waals surface area contributed by atoms with E-state index in [1.807, 2.05) is 12.1 Å². The van der Waals surface area contributed by atoms with E-state index in [0.29, 0.717) is 5.69 Å². The fourth-order valence-electron chi connectivity index (χ4n) is 2.82. The largest absolute Gasteiger partial charge is 0.417 e. The maximum atomic E-state index is 12.9. The predicted octanol–water partition coefficient (Wildman–Crippen LogP) is 4.84. The third-order valence-corrected chi connectivity index (χ3v) is 4.58. The Labute approximate surface area is 165 Å². The Balaban J connectivity index is 1.57. The first kappa shape index (κ1) is 20.4. The molecular weight excluding hydrogens is 395 g/mol. The zero-order chi connectivity index (χ0) is 20.1. The standard InChI is InChI=1S/C19H19ClF3N3O2/c20-17-6-5-15(11-16(17)19(21,22)23)25-18(27)24-14-3-1-13(2-4-14)12-26-7-9-28-10-8-26/h1-6,11H,7-10,12H2,(H2,24,25,27). The van der Waals surface area contributed by atoms with Gasteiger partial charge in [0.15, 0.2) is 0 Å². The van der Waals surface area contributed by atoms with Crippen molar-refractivity contribution in [1.29, 1.82) is 0 Å². The van der Waals surface area contributed by atoms with Crippen LogP contribution in [0.5, 0.6) is 0 Å². The van der Waals surface area contributed by atoms with E-state index in [2.05, 4.69) is 15.5 Å². The molecular formula is C19H19ClF3N3O2. The van der Waals surface area contributed by atoms with E-state index in [0.717, 1.165) is 50.5 Å². The fourth-order valence-corrected chi connectivity index (χ4v) is 3.05. The number of morpholine rings is 1. The summed E-state index contributed by atoms with van der Waals surface area (Å²) >= 11 is 5.57. The lowest BCUT2D eigenvalue weighted by Crippen LogP contribution is -2.35. The summed E-state index contributed by atoms with van der Waals surface area (Å²) in [6.45, 7) is 3.99. The summed E-state index contributed by atoms with van der Waals surface area (Å²) in [6.07, 6.45) is -4.60. The molecule has 0 spiro atoms. The molecule has 0 saturated carbocycles. The molecule has 2 amide bonds. The average Bonchev–Trinajstić information content (AvgIpc) is 2.65. The van der Waals surface area contributed by atoms with Gasteiger partial charge in [0, 0.05) is 31.0 Å². The minimum absolute atomic E-state index is 0.00170. The molecule has 150 valence electrons. The summed E-state index contributed by atoms with van der Waals surface area (Å²) in [5.41, 5.74) is 0.631. The van der Waals surface area contributed by atoms with Gasteiger partial charge in [-0.3, -0.25) is 4.90 Å². The Kier molecular flexibility index (Phi) is 6.43. The van der Waals surface area contributed by atoms with Gasteiger partial charge < -0.3 is 15.4 Å². The monoisotopic (exact) mass is 413 g/mol. The van der Waals surface area contributed by atoms with Crippen LogP contribution in [0.4, 0.5) is 29.3 Å². The molecule has 5 nitrogen and oxygen atoms in total. The number of hydrogen-bond acceptors (Lipinski definition) is 3. The van der Waals surface area contributed by atoms with Crippen LogP contribution in [-0.4, -0.2) is 37.2 Å². The van der Waals surface area contributed by atoms with Crippen molar-refractivity contribution in [3.8, 4) is 0 Å². The summed E-state index contributed by atoms with van der Waals surface area (Å²) in [5.74, 6) is 0. The Morgan fingerprint density at radius 2 is 1.64 bits per heavy atom. The van der Waals surface area contributed by atoms with Crippen molar-refractivity contribution in [2.24, 2.45) is 0 Å². The Morgan fingerprint density at radius 3 is 2.29 bits per heavy atom. The Bertz CT molecular complexity index is 822. The zero-order valence-electron chi connectivity index (χ0n) is 14.9. The number of carbonyl (C=O) groups excluding carboxylic acids is 1. The van der Waals surface area contributed by atoms with Crippen LogP contribution in [0.3, 0.4) is 0 Å². The highest BCUT2D eigenvalue weighted by atomic mass is 35.5. The molecule has 1 aliphatic heterocycles. The lowest BCUT2D eigenvalue weighted by Gasteiger charge is -2.26. The Morgan fingerprint density at radius 1 is 1.04 bits per heavy atom. The van der Waals surface area contributed by atoms with Crippen LogP contribution in [0.25, 0.3) is 0 Å². The molecule has 0 unspecified atom stereocenters. The summed E-state index contributed by atoms with van der Waals surface area (Å²) in [6, 6.07) is 9.86. The third kappa shape index (κ3) is 5.60. The highest BCUT2D eigenvalue weighted by Crippen LogP contribution is 2.36. The van der Waals surface area contributed by atoms with Gasteiger partial charge in [0.1, 0.15) is 0 Å². The number of alkyl halides is 3. The molecule has 0 aromatic heterocycles. The van der Waals surface area contributed by atoms with Crippen LogP contribution in [0.2, 0.25) is 5.02 Å². The van der Waals surface area contributed by atoms with Crippen LogP contribution in [0.1, 0.15) is 11.1 Å². The second kappa shape index (κ2) is 8.81. The summed E-state index contributed by atoms with van der Waals surface area (Å²) < 4.78 is 44.0. The van der Waals surface area contributed by atoms with Gasteiger partial charge in [-0.05, 0) is 35.9 Å². The summed E-state index contributed by atoms with van der Waals surface area (Å²) in [4.78, 5) is 14.3. The lowest BCUT2D eigenvalue weighted by atomic mass is 10.2. The van der Waals surface area contributed by atoms with Crippen molar-refractivity contribution in [1.82, 2.24) is 4.90 Å². The molecule has 0 radical (unpaired) electrons. The van der Waals surface area contributed by atoms with E-state index < -0.39 is 22.8 Å². The number of benzene rings is 2. The van der Waals surface area contributed by atoms with E-state index in [-0.39, 0.29) is 5.69 Å². The normalized spacial score (nSPS) is 15.3. The van der Waals surface area contributed by atoms with Gasteiger partial charge in [0.05, 0.1) is 23.8 Å². The van der Waals surface area contributed by atoms with E-state index in [1.165, 1.54) is 6.07 Å². The van der Waals surface area contributed by atoms with Crippen molar-refractivity contribution in [3.05, 3.63) is 58.6 Å². The SMILES string of the molecule is O=C(Nc1ccc(CN2CCOCC2)cc1)Nc1ccc(Cl)c(C(F)(F)F)c1. The number of hydrogen-bond donors (Lipinski definition) is 2. The van der Waals surface area contributed by atoms with Crippen molar-refractivity contribution in [2.75, 3.05) is 36.9 Å². The van der Waals surface area contributed by atoms with E-state index in [9.17, 15) is 18.0 Å². The molecule has 1 saturated heterocycles. The van der Waals surface area contributed by atoms with Gasteiger partial charge in [-0.25, -0.2) is 4.79 Å². The summed E-state index contributed by atoms with van der Waals surface area (Å²) in [5, 5.41) is 4.55. The van der Waals surface area contributed by atoms with Crippen LogP contribution >= 0.6 is 11.6 Å². The molecule has 9 heteroatoms. The minimum Gasteiger partial charge on any atom is -0.379 e. The Hall–Kier alpha value is -2.29. The molecule has 1 fully saturated rings. The first-order valence-electron chi connectivity index (χ1n) is 8.65. The second-order valence-electron chi connectivity index (χ2n) is 6.36. The predicted molar refractivity (Wildman–Crippen MR) is 102 cm³/mol. The van der Waals surface area contributed by atoms with Crippen molar-refractivity contribution in [3.63, 3.8) is 0 Å². The molecule has 3 rings (SSSR count). The van der Waals surface area contributed by atoms with E-state index >= 15 is 0 Å². The molecule has 0 atom stereocenters. The highest BCUT2D eigenvalue weighted by molar-refractivity contribution is 6.31. The number of nitrogens with one attached hydrogen (secondary N) is 2. The number of ether oxygens (including phenoxy) is 1. The topological polar surface area (TPSA) is 53.6 Å². The third-order valence-electron chi connectivity index (χ3n) is 4.25. The van der Waals surface area contributed by atoms with E-state index in [4.69, 9.17) is 16.3 Å². The van der Waals surface area contributed by atoms with Gasteiger partial charge in [0.25, 0.3) is 0 Å². The number of anilines is 2. The maximum Gasteiger partial charge on any atom is 0.417 e. The van der Waals surface area contributed by atoms with Crippen LogP contribution < -0.4 is 10.6 Å². The molecule has 1 aliphatic rings. The van der Waals surface area contributed by atoms with Crippen molar-refractivity contribution < 1.29 is 22.7 Å². The van der Waals surface area contributed by atoms with Gasteiger partial charge >= 0.3 is 12.2 Å². The minimum atomic E-state index is -4.60. The number of carbonyl (C=O) groups is 1. The van der Waals surface area contributed by atoms with Crippen molar-refractivity contribution >= 4 is 29.0 Å². The number of urea groups is 1. The molecule has 28 heavy (non-hydrogen) atoms. The number of halogens is 4. The summed E-state index contributed by atoms with van der Waals surface area (Å²) in [7, 11) is 0. The highest BCUT2D eigenvalue weighted by Gasteiger charge is 2.33. The van der Waals surface area contributed by atoms with Gasteiger partial charge in [-0.2, -0.15) is 13.2 Å². The maximum absolute atomic E-state index is 12.9. The van der Waals surface area contributed by atoms with E-state index in [1.54, 1.807) is 12.1 Å². The van der Waals surface area contributed by atoms with Crippen molar-refractivity contribution in [2.45, 2.75) is 12.7 Å². The quantitative estimate of drug-likeness (QED) is 0.754. The van der Waals surface area contributed by atoms with Gasteiger partial charge in [-0.1, -0.05) is 23.7 Å². The average molecular weight is 414 g/mol. The molecule has 2 N–H and O–H groups in total. The molecule has 2 aromatic rings. The number of rotatable bonds is 4. The second-order valence-corrected chi connectivity index (χ2v) is 6.76.